The third kappa shape index (κ3) is 4.33. The summed E-state index contributed by atoms with van der Waals surface area (Å²) in [7, 11) is 3.44. The molecule has 102 valence electrons. The molecule has 0 aliphatic carbocycles. The number of anilines is 2. The Bertz CT molecular complexity index is 361. The van der Waals surface area contributed by atoms with Crippen LogP contribution in [0.15, 0.2) is 0 Å². The first kappa shape index (κ1) is 14.4. The minimum Gasteiger partial charge on any atom is -0.467 e. The highest BCUT2D eigenvalue weighted by Gasteiger charge is 2.10. The van der Waals surface area contributed by atoms with Gasteiger partial charge in [0.2, 0.25) is 11.9 Å². The molecule has 0 saturated carbocycles. The number of aromatic nitrogens is 3. The van der Waals surface area contributed by atoms with Crippen LogP contribution in [-0.4, -0.2) is 55.4 Å². The van der Waals surface area contributed by atoms with Crippen molar-refractivity contribution in [2.45, 2.75) is 13.8 Å². The molecule has 0 fully saturated rings. The Kier molecular flexibility index (Phi) is 6.13. The lowest BCUT2D eigenvalue weighted by molar-refractivity contribution is 0.154. The standard InChI is InChI=1S/C11H21N5O2/c1-5-12-9-13-10(15-11(14-9)17-4)16(3)7-8-18-6-2/h5-8H2,1-4H3,(H,12,13,14,15). The van der Waals surface area contributed by atoms with Gasteiger partial charge in [0, 0.05) is 26.7 Å². The molecule has 1 N–H and O–H groups in total. The van der Waals surface area contributed by atoms with Gasteiger partial charge in [0.15, 0.2) is 0 Å². The van der Waals surface area contributed by atoms with Crippen molar-refractivity contribution in [1.82, 2.24) is 15.0 Å². The van der Waals surface area contributed by atoms with E-state index in [1.54, 1.807) is 0 Å². The van der Waals surface area contributed by atoms with Gasteiger partial charge in [0.25, 0.3) is 0 Å². The second kappa shape index (κ2) is 7.65. The first-order valence-corrected chi connectivity index (χ1v) is 6.04. The lowest BCUT2D eigenvalue weighted by Gasteiger charge is -2.17. The summed E-state index contributed by atoms with van der Waals surface area (Å²) in [5, 5.41) is 3.04. The largest absolute Gasteiger partial charge is 0.467 e. The molecule has 7 nitrogen and oxygen atoms in total. The molecule has 0 amide bonds. The van der Waals surface area contributed by atoms with Gasteiger partial charge in [-0.2, -0.15) is 15.0 Å². The van der Waals surface area contributed by atoms with Crippen LogP contribution in [0.5, 0.6) is 6.01 Å². The molecule has 1 rings (SSSR count). The van der Waals surface area contributed by atoms with Gasteiger partial charge in [-0.15, -0.1) is 0 Å². The van der Waals surface area contributed by atoms with E-state index in [0.717, 1.165) is 6.54 Å². The number of hydrogen-bond acceptors (Lipinski definition) is 7. The summed E-state index contributed by atoms with van der Waals surface area (Å²) in [6.07, 6.45) is 0. The Balaban J connectivity index is 2.75. The van der Waals surface area contributed by atoms with E-state index in [4.69, 9.17) is 9.47 Å². The summed E-state index contributed by atoms with van der Waals surface area (Å²) in [6.45, 7) is 6.75. The van der Waals surface area contributed by atoms with E-state index < -0.39 is 0 Å². The first-order valence-electron chi connectivity index (χ1n) is 6.04. The van der Waals surface area contributed by atoms with Crippen molar-refractivity contribution in [1.29, 1.82) is 0 Å². The highest BCUT2D eigenvalue weighted by atomic mass is 16.5. The van der Waals surface area contributed by atoms with Gasteiger partial charge >= 0.3 is 6.01 Å². The summed E-state index contributed by atoms with van der Waals surface area (Å²) in [4.78, 5) is 14.5. The van der Waals surface area contributed by atoms with Crippen LogP contribution in [0.3, 0.4) is 0 Å². The maximum absolute atomic E-state index is 5.30. The molecule has 18 heavy (non-hydrogen) atoms. The summed E-state index contributed by atoms with van der Waals surface area (Å²) >= 11 is 0. The Labute approximate surface area is 108 Å². The summed E-state index contributed by atoms with van der Waals surface area (Å²) < 4.78 is 10.4. The van der Waals surface area contributed by atoms with E-state index in [0.29, 0.717) is 37.7 Å². The predicted molar refractivity (Wildman–Crippen MR) is 70.3 cm³/mol. The van der Waals surface area contributed by atoms with Gasteiger partial charge < -0.3 is 19.7 Å². The number of rotatable bonds is 8. The molecule has 0 aliphatic heterocycles. The number of methoxy groups -OCH3 is 1. The molecule has 0 aliphatic rings. The van der Waals surface area contributed by atoms with Crippen molar-refractivity contribution in [3.05, 3.63) is 0 Å². The monoisotopic (exact) mass is 255 g/mol. The van der Waals surface area contributed by atoms with Crippen molar-refractivity contribution in [3.63, 3.8) is 0 Å². The van der Waals surface area contributed by atoms with Crippen LogP contribution >= 0.6 is 0 Å². The van der Waals surface area contributed by atoms with Crippen molar-refractivity contribution < 1.29 is 9.47 Å². The Morgan fingerprint density at radius 2 is 2.00 bits per heavy atom. The van der Waals surface area contributed by atoms with Crippen molar-refractivity contribution in [3.8, 4) is 6.01 Å². The van der Waals surface area contributed by atoms with Crippen LogP contribution in [0.2, 0.25) is 0 Å². The smallest absolute Gasteiger partial charge is 0.322 e. The summed E-state index contributed by atoms with van der Waals surface area (Å²) in [5.41, 5.74) is 0. The Morgan fingerprint density at radius 3 is 2.61 bits per heavy atom. The van der Waals surface area contributed by atoms with E-state index in [9.17, 15) is 0 Å². The van der Waals surface area contributed by atoms with Gasteiger partial charge in [-0.05, 0) is 13.8 Å². The number of hydrogen-bond donors (Lipinski definition) is 1. The predicted octanol–water partition coefficient (Wildman–Crippen LogP) is 0.785. The van der Waals surface area contributed by atoms with Gasteiger partial charge in [-0.3, -0.25) is 0 Å². The lowest BCUT2D eigenvalue weighted by Crippen LogP contribution is -2.25. The van der Waals surface area contributed by atoms with Crippen LogP contribution in [-0.2, 0) is 4.74 Å². The van der Waals surface area contributed by atoms with Crippen molar-refractivity contribution in [2.24, 2.45) is 0 Å². The van der Waals surface area contributed by atoms with Crippen molar-refractivity contribution in [2.75, 3.05) is 50.7 Å². The zero-order valence-electron chi connectivity index (χ0n) is 11.4. The maximum Gasteiger partial charge on any atom is 0.322 e. The fraction of sp³-hybridized carbons (Fsp3) is 0.727. The van der Waals surface area contributed by atoms with Crippen LogP contribution in [0.1, 0.15) is 13.8 Å². The maximum atomic E-state index is 5.30. The Hall–Kier alpha value is -1.63. The molecule has 1 aromatic heterocycles. The number of likely N-dealkylation sites (N-methyl/N-ethyl adjacent to an activating group) is 1. The molecular weight excluding hydrogens is 234 g/mol. The second-order valence-electron chi connectivity index (χ2n) is 3.59. The van der Waals surface area contributed by atoms with E-state index in [1.165, 1.54) is 7.11 Å². The molecule has 0 unspecified atom stereocenters. The highest BCUT2D eigenvalue weighted by Crippen LogP contribution is 2.13. The number of ether oxygens (including phenoxy) is 2. The SMILES string of the molecule is CCNc1nc(OC)nc(N(C)CCOCC)n1. The molecule has 7 heteroatoms. The van der Waals surface area contributed by atoms with E-state index in [-0.39, 0.29) is 0 Å². The average molecular weight is 255 g/mol. The molecule has 0 saturated heterocycles. The van der Waals surface area contributed by atoms with Gasteiger partial charge in [0.05, 0.1) is 13.7 Å². The number of nitrogens with one attached hydrogen (secondary N) is 1. The second-order valence-corrected chi connectivity index (χ2v) is 3.59. The molecule has 0 atom stereocenters. The normalized spacial score (nSPS) is 10.2. The fourth-order valence-electron chi connectivity index (χ4n) is 1.29. The van der Waals surface area contributed by atoms with E-state index in [1.807, 2.05) is 25.8 Å². The molecule has 1 aromatic rings. The van der Waals surface area contributed by atoms with Gasteiger partial charge in [-0.1, -0.05) is 0 Å². The highest BCUT2D eigenvalue weighted by molar-refractivity contribution is 5.37. The minimum atomic E-state index is 0.305. The molecule has 0 aromatic carbocycles. The first-order chi connectivity index (χ1) is 8.71. The topological polar surface area (TPSA) is 72.4 Å². The quantitative estimate of drug-likeness (QED) is 0.688. The average Bonchev–Trinajstić information content (AvgIpc) is 2.39. The number of nitrogens with zero attached hydrogens (tertiary/aromatic N) is 4. The lowest BCUT2D eigenvalue weighted by atomic mass is 10.6. The fourth-order valence-corrected chi connectivity index (χ4v) is 1.29. The van der Waals surface area contributed by atoms with Crippen LogP contribution in [0.4, 0.5) is 11.9 Å². The van der Waals surface area contributed by atoms with Gasteiger partial charge in [0.1, 0.15) is 0 Å². The minimum absolute atomic E-state index is 0.305. The molecule has 0 radical (unpaired) electrons. The van der Waals surface area contributed by atoms with Crippen molar-refractivity contribution >= 4 is 11.9 Å². The van der Waals surface area contributed by atoms with Crippen LogP contribution < -0.4 is 15.0 Å². The van der Waals surface area contributed by atoms with E-state index in [2.05, 4.69) is 20.3 Å². The third-order valence-corrected chi connectivity index (χ3v) is 2.24. The summed E-state index contributed by atoms with van der Waals surface area (Å²) in [5.74, 6) is 1.08. The van der Waals surface area contributed by atoms with E-state index >= 15 is 0 Å². The molecule has 0 spiro atoms. The summed E-state index contributed by atoms with van der Waals surface area (Å²) in [6, 6.07) is 0.305. The van der Waals surface area contributed by atoms with Gasteiger partial charge in [-0.25, -0.2) is 0 Å². The molecule has 1 heterocycles. The Morgan fingerprint density at radius 1 is 1.22 bits per heavy atom. The third-order valence-electron chi connectivity index (χ3n) is 2.24. The van der Waals surface area contributed by atoms with Crippen LogP contribution in [0.25, 0.3) is 0 Å². The molecule has 0 bridgehead atoms. The zero-order chi connectivity index (χ0) is 13.4. The molecular formula is C11H21N5O2. The zero-order valence-corrected chi connectivity index (χ0v) is 11.4. The van der Waals surface area contributed by atoms with Crippen LogP contribution in [0, 0.1) is 0 Å².